The molecule has 1 N–H and O–H groups in total. The SMILES string of the molecule is CCc1ccccc1OCCNC(=O)N1CCCCCC1. The molecule has 0 aliphatic carbocycles. The molecule has 0 saturated carbocycles. The van der Waals surface area contributed by atoms with Gasteiger partial charge < -0.3 is 15.0 Å². The van der Waals surface area contributed by atoms with Crippen LogP contribution >= 0.6 is 0 Å². The topological polar surface area (TPSA) is 41.6 Å². The second-order valence-corrected chi connectivity index (χ2v) is 5.44. The van der Waals surface area contributed by atoms with E-state index in [1.807, 2.05) is 23.1 Å². The summed E-state index contributed by atoms with van der Waals surface area (Å²) in [4.78, 5) is 14.0. The third-order valence-electron chi connectivity index (χ3n) is 3.88. The lowest BCUT2D eigenvalue weighted by Gasteiger charge is -2.20. The van der Waals surface area contributed by atoms with Crippen molar-refractivity contribution in [3.63, 3.8) is 0 Å². The largest absolute Gasteiger partial charge is 0.491 e. The molecule has 0 bridgehead atoms. The van der Waals surface area contributed by atoms with Gasteiger partial charge in [-0.2, -0.15) is 0 Å². The van der Waals surface area contributed by atoms with Crippen molar-refractivity contribution < 1.29 is 9.53 Å². The zero-order chi connectivity index (χ0) is 14.9. The Kier molecular flexibility index (Phi) is 6.38. The van der Waals surface area contributed by atoms with Gasteiger partial charge in [0, 0.05) is 13.1 Å². The van der Waals surface area contributed by atoms with Crippen LogP contribution in [0.15, 0.2) is 24.3 Å². The van der Waals surface area contributed by atoms with Crippen molar-refractivity contribution in [3.05, 3.63) is 29.8 Å². The second-order valence-electron chi connectivity index (χ2n) is 5.44. The smallest absolute Gasteiger partial charge is 0.317 e. The average Bonchev–Trinajstić information content (AvgIpc) is 2.81. The number of hydrogen-bond donors (Lipinski definition) is 1. The summed E-state index contributed by atoms with van der Waals surface area (Å²) in [5.74, 6) is 0.920. The molecule has 1 heterocycles. The van der Waals surface area contributed by atoms with Crippen molar-refractivity contribution >= 4 is 6.03 Å². The maximum atomic E-state index is 12.0. The Balaban J connectivity index is 1.70. The molecule has 1 saturated heterocycles. The minimum atomic E-state index is 0.0456. The fourth-order valence-electron chi connectivity index (χ4n) is 2.64. The summed E-state index contributed by atoms with van der Waals surface area (Å²) in [6, 6.07) is 8.10. The average molecular weight is 290 g/mol. The van der Waals surface area contributed by atoms with Gasteiger partial charge in [-0.1, -0.05) is 38.0 Å². The molecule has 2 rings (SSSR count). The number of hydrogen-bond acceptors (Lipinski definition) is 2. The van der Waals surface area contributed by atoms with Crippen molar-refractivity contribution in [1.29, 1.82) is 0 Å². The van der Waals surface area contributed by atoms with Crippen molar-refractivity contribution in [2.75, 3.05) is 26.2 Å². The van der Waals surface area contributed by atoms with E-state index in [1.165, 1.54) is 18.4 Å². The summed E-state index contributed by atoms with van der Waals surface area (Å²) >= 11 is 0. The number of aryl methyl sites for hydroxylation is 1. The molecule has 1 aliphatic heterocycles. The highest BCUT2D eigenvalue weighted by atomic mass is 16.5. The Hall–Kier alpha value is -1.71. The van der Waals surface area contributed by atoms with Crippen LogP contribution < -0.4 is 10.1 Å². The minimum absolute atomic E-state index is 0.0456. The van der Waals surface area contributed by atoms with Crippen LogP contribution in [0.1, 0.15) is 38.2 Å². The summed E-state index contributed by atoms with van der Waals surface area (Å²) in [5.41, 5.74) is 1.20. The lowest BCUT2D eigenvalue weighted by molar-refractivity contribution is 0.196. The Morgan fingerprint density at radius 3 is 2.62 bits per heavy atom. The van der Waals surface area contributed by atoms with Gasteiger partial charge in [0.05, 0.1) is 6.54 Å². The number of para-hydroxylation sites is 1. The Morgan fingerprint density at radius 2 is 1.90 bits per heavy atom. The van der Waals surface area contributed by atoms with Gasteiger partial charge in [0.15, 0.2) is 0 Å². The van der Waals surface area contributed by atoms with Crippen LogP contribution in [0.3, 0.4) is 0 Å². The number of nitrogens with zero attached hydrogens (tertiary/aromatic N) is 1. The van der Waals surface area contributed by atoms with E-state index in [2.05, 4.69) is 18.3 Å². The molecule has 2 amide bonds. The van der Waals surface area contributed by atoms with Crippen LogP contribution in [0.25, 0.3) is 0 Å². The van der Waals surface area contributed by atoms with Crippen molar-refractivity contribution in [2.45, 2.75) is 39.0 Å². The third kappa shape index (κ3) is 4.96. The van der Waals surface area contributed by atoms with E-state index in [4.69, 9.17) is 4.74 Å². The highest BCUT2D eigenvalue weighted by molar-refractivity contribution is 5.74. The van der Waals surface area contributed by atoms with Gasteiger partial charge in [0.25, 0.3) is 0 Å². The molecule has 1 aromatic carbocycles. The number of urea groups is 1. The van der Waals surface area contributed by atoms with Gasteiger partial charge in [0.2, 0.25) is 0 Å². The van der Waals surface area contributed by atoms with E-state index in [1.54, 1.807) is 0 Å². The monoisotopic (exact) mass is 290 g/mol. The fourth-order valence-corrected chi connectivity index (χ4v) is 2.64. The fraction of sp³-hybridized carbons (Fsp3) is 0.588. The van der Waals surface area contributed by atoms with Gasteiger partial charge in [-0.15, -0.1) is 0 Å². The van der Waals surface area contributed by atoms with E-state index in [-0.39, 0.29) is 6.03 Å². The lowest BCUT2D eigenvalue weighted by Crippen LogP contribution is -2.41. The quantitative estimate of drug-likeness (QED) is 0.846. The molecule has 116 valence electrons. The Morgan fingerprint density at radius 1 is 1.19 bits per heavy atom. The minimum Gasteiger partial charge on any atom is -0.491 e. The summed E-state index contributed by atoms with van der Waals surface area (Å²) < 4.78 is 5.76. The first-order valence-electron chi connectivity index (χ1n) is 8.04. The standard InChI is InChI=1S/C17H26N2O2/c1-2-15-9-5-6-10-16(15)21-14-11-18-17(20)19-12-7-3-4-8-13-19/h5-6,9-10H,2-4,7-8,11-14H2,1H3,(H,18,20). The van der Waals surface area contributed by atoms with Crippen LogP contribution in [-0.4, -0.2) is 37.2 Å². The Bertz CT molecular complexity index is 440. The van der Waals surface area contributed by atoms with Gasteiger partial charge in [-0.05, 0) is 30.9 Å². The number of ether oxygens (including phenoxy) is 1. The zero-order valence-corrected chi connectivity index (χ0v) is 12.9. The predicted octanol–water partition coefficient (Wildman–Crippen LogP) is 3.21. The van der Waals surface area contributed by atoms with Crippen LogP contribution in [0, 0.1) is 0 Å². The highest BCUT2D eigenvalue weighted by Gasteiger charge is 2.14. The molecule has 4 heteroatoms. The summed E-state index contributed by atoms with van der Waals surface area (Å²) in [5, 5.41) is 2.95. The first kappa shape index (κ1) is 15.7. The summed E-state index contributed by atoms with van der Waals surface area (Å²) in [7, 11) is 0. The molecule has 0 unspecified atom stereocenters. The molecule has 21 heavy (non-hydrogen) atoms. The van der Waals surface area contributed by atoms with Crippen molar-refractivity contribution in [3.8, 4) is 5.75 Å². The third-order valence-corrected chi connectivity index (χ3v) is 3.88. The molecule has 4 nitrogen and oxygen atoms in total. The van der Waals surface area contributed by atoms with Gasteiger partial charge >= 0.3 is 6.03 Å². The molecule has 0 aromatic heterocycles. The predicted molar refractivity (Wildman–Crippen MR) is 84.8 cm³/mol. The number of nitrogens with one attached hydrogen (secondary N) is 1. The number of rotatable bonds is 5. The number of amides is 2. The zero-order valence-electron chi connectivity index (χ0n) is 12.9. The van der Waals surface area contributed by atoms with Crippen LogP contribution in [0.4, 0.5) is 4.79 Å². The summed E-state index contributed by atoms with van der Waals surface area (Å²) in [6.45, 7) is 4.93. The highest BCUT2D eigenvalue weighted by Crippen LogP contribution is 2.17. The molecule has 0 spiro atoms. The molecular formula is C17H26N2O2. The van der Waals surface area contributed by atoms with Crippen LogP contribution in [-0.2, 0) is 6.42 Å². The van der Waals surface area contributed by atoms with Gasteiger partial charge in [-0.25, -0.2) is 4.79 Å². The van der Waals surface area contributed by atoms with E-state index in [0.29, 0.717) is 13.2 Å². The van der Waals surface area contributed by atoms with E-state index < -0.39 is 0 Å². The maximum Gasteiger partial charge on any atom is 0.317 e. The molecule has 0 atom stereocenters. The number of carbonyl (C=O) groups is 1. The number of carbonyl (C=O) groups excluding carboxylic acids is 1. The second kappa shape index (κ2) is 8.55. The van der Waals surface area contributed by atoms with Crippen LogP contribution in [0.2, 0.25) is 0 Å². The molecular weight excluding hydrogens is 264 g/mol. The van der Waals surface area contributed by atoms with Gasteiger partial charge in [-0.3, -0.25) is 0 Å². The molecule has 0 radical (unpaired) electrons. The number of benzene rings is 1. The first-order valence-corrected chi connectivity index (χ1v) is 8.04. The molecule has 1 aromatic rings. The molecule has 1 fully saturated rings. The van der Waals surface area contributed by atoms with E-state index in [0.717, 1.165) is 38.1 Å². The van der Waals surface area contributed by atoms with E-state index in [9.17, 15) is 4.79 Å². The van der Waals surface area contributed by atoms with Gasteiger partial charge in [0.1, 0.15) is 12.4 Å². The van der Waals surface area contributed by atoms with Crippen molar-refractivity contribution in [1.82, 2.24) is 10.2 Å². The van der Waals surface area contributed by atoms with Crippen molar-refractivity contribution in [2.24, 2.45) is 0 Å². The number of likely N-dealkylation sites (tertiary alicyclic amines) is 1. The lowest BCUT2D eigenvalue weighted by atomic mass is 10.1. The van der Waals surface area contributed by atoms with E-state index >= 15 is 0 Å². The maximum absolute atomic E-state index is 12.0. The van der Waals surface area contributed by atoms with Crippen LogP contribution in [0.5, 0.6) is 5.75 Å². The summed E-state index contributed by atoms with van der Waals surface area (Å²) in [6.07, 6.45) is 5.67. The first-order chi connectivity index (χ1) is 10.3. The Labute approximate surface area is 127 Å². The molecule has 1 aliphatic rings. The normalized spacial score (nSPS) is 15.4.